The molecule has 11 nitrogen and oxygen atoms in total. The normalized spacial score (nSPS) is 18.4. The Hall–Kier alpha value is -2.96. The Kier molecular flexibility index (Phi) is 5.35. The van der Waals surface area contributed by atoms with Crippen LogP contribution in [0, 0.1) is 0 Å². The lowest BCUT2D eigenvalue weighted by molar-refractivity contribution is 0.122. The summed E-state index contributed by atoms with van der Waals surface area (Å²) >= 11 is 0. The van der Waals surface area contributed by atoms with E-state index in [2.05, 4.69) is 19.8 Å². The van der Waals surface area contributed by atoms with Crippen molar-refractivity contribution in [3.8, 4) is 0 Å². The minimum absolute atomic E-state index is 0.145. The van der Waals surface area contributed by atoms with E-state index in [0.717, 1.165) is 24.7 Å². The largest absolute Gasteiger partial charge is 0.419 e. The van der Waals surface area contributed by atoms with Gasteiger partial charge in [0.2, 0.25) is 10.0 Å². The van der Waals surface area contributed by atoms with Gasteiger partial charge in [-0.3, -0.25) is 4.57 Å². The number of benzene rings is 1. The molecule has 1 aromatic carbocycles. The van der Waals surface area contributed by atoms with Gasteiger partial charge in [-0.25, -0.2) is 23.2 Å². The molecule has 5 rings (SSSR count). The van der Waals surface area contributed by atoms with Gasteiger partial charge in [0.1, 0.15) is 18.0 Å². The molecule has 170 valence electrons. The molecule has 0 N–H and O–H groups in total. The molecule has 0 saturated carbocycles. The van der Waals surface area contributed by atoms with Crippen LogP contribution in [0.1, 0.15) is 0 Å². The fraction of sp³-hybridized carbons (Fsp3) is 0.450. The number of aromatic nitrogens is 3. The maximum absolute atomic E-state index is 13.2. The molecule has 0 radical (unpaired) electrons. The quantitative estimate of drug-likeness (QED) is 0.541. The average Bonchev–Trinajstić information content (AvgIpc) is 3.12. The van der Waals surface area contributed by atoms with Gasteiger partial charge >= 0.3 is 5.76 Å². The van der Waals surface area contributed by atoms with Crippen molar-refractivity contribution in [2.45, 2.75) is 4.90 Å². The number of fused-ring (bicyclic) bond motifs is 1. The molecule has 0 bridgehead atoms. The molecular formula is C20H24N6O5S. The molecule has 0 spiro atoms. The highest BCUT2D eigenvalue weighted by molar-refractivity contribution is 7.89. The fourth-order valence-corrected chi connectivity index (χ4v) is 5.49. The van der Waals surface area contributed by atoms with Gasteiger partial charge < -0.3 is 19.0 Å². The van der Waals surface area contributed by atoms with Gasteiger partial charge in [0.05, 0.1) is 23.6 Å². The molecule has 0 aliphatic carbocycles. The molecule has 0 atom stereocenters. The number of rotatable bonds is 4. The number of hydrogen-bond acceptors (Lipinski definition) is 9. The first-order valence-electron chi connectivity index (χ1n) is 10.4. The van der Waals surface area contributed by atoms with E-state index in [1.807, 2.05) is 6.07 Å². The average molecular weight is 461 g/mol. The summed E-state index contributed by atoms with van der Waals surface area (Å²) in [5, 5.41) is 0. The van der Waals surface area contributed by atoms with E-state index in [9.17, 15) is 13.2 Å². The van der Waals surface area contributed by atoms with Crippen LogP contribution < -0.4 is 15.6 Å². The summed E-state index contributed by atoms with van der Waals surface area (Å²) in [5.74, 6) is 1.12. The van der Waals surface area contributed by atoms with Gasteiger partial charge in [0.15, 0.2) is 5.58 Å². The molecule has 12 heteroatoms. The van der Waals surface area contributed by atoms with Crippen LogP contribution in [0.5, 0.6) is 0 Å². The molecule has 2 saturated heterocycles. The maximum Gasteiger partial charge on any atom is 0.419 e. The van der Waals surface area contributed by atoms with E-state index in [-0.39, 0.29) is 4.90 Å². The summed E-state index contributed by atoms with van der Waals surface area (Å²) < 4.78 is 39.7. The summed E-state index contributed by atoms with van der Waals surface area (Å²) in [6.45, 7) is 4.63. The van der Waals surface area contributed by atoms with E-state index in [1.54, 1.807) is 13.4 Å². The second kappa shape index (κ2) is 8.19. The summed E-state index contributed by atoms with van der Waals surface area (Å²) in [7, 11) is -2.15. The smallest absolute Gasteiger partial charge is 0.408 e. The van der Waals surface area contributed by atoms with E-state index in [4.69, 9.17) is 9.15 Å². The number of sulfonamides is 1. The van der Waals surface area contributed by atoms with Gasteiger partial charge in [-0.2, -0.15) is 4.31 Å². The Labute approximate surface area is 184 Å². The van der Waals surface area contributed by atoms with Crippen LogP contribution in [0.3, 0.4) is 0 Å². The molecule has 2 fully saturated rings. The van der Waals surface area contributed by atoms with Gasteiger partial charge in [0, 0.05) is 52.4 Å². The highest BCUT2D eigenvalue weighted by atomic mass is 32.2. The molecule has 0 unspecified atom stereocenters. The lowest BCUT2D eigenvalue weighted by atomic mass is 10.3. The monoisotopic (exact) mass is 460 g/mol. The second-order valence-corrected chi connectivity index (χ2v) is 9.72. The van der Waals surface area contributed by atoms with Crippen LogP contribution in [0.25, 0.3) is 11.1 Å². The number of morpholine rings is 1. The summed E-state index contributed by atoms with van der Waals surface area (Å²) in [4.78, 5) is 24.9. The maximum atomic E-state index is 13.2. The number of nitrogens with zero attached hydrogens (tertiary/aromatic N) is 6. The third-order valence-electron chi connectivity index (χ3n) is 5.94. The van der Waals surface area contributed by atoms with Crippen molar-refractivity contribution in [1.82, 2.24) is 18.8 Å². The van der Waals surface area contributed by atoms with Gasteiger partial charge in [0.25, 0.3) is 0 Å². The number of ether oxygens (including phenoxy) is 1. The van der Waals surface area contributed by atoms with Crippen molar-refractivity contribution in [3.05, 3.63) is 41.1 Å². The third kappa shape index (κ3) is 3.74. The lowest BCUT2D eigenvalue weighted by Gasteiger charge is -2.35. The number of piperazine rings is 1. The molecular weight excluding hydrogens is 436 g/mol. The molecule has 2 aliphatic rings. The van der Waals surface area contributed by atoms with Crippen molar-refractivity contribution in [2.75, 3.05) is 62.3 Å². The van der Waals surface area contributed by atoms with Gasteiger partial charge in [-0.05, 0) is 18.2 Å². The van der Waals surface area contributed by atoms with Crippen molar-refractivity contribution in [1.29, 1.82) is 0 Å². The van der Waals surface area contributed by atoms with Gasteiger partial charge in [-0.15, -0.1) is 0 Å². The Morgan fingerprint density at radius 1 is 0.906 bits per heavy atom. The van der Waals surface area contributed by atoms with Gasteiger partial charge in [-0.1, -0.05) is 0 Å². The van der Waals surface area contributed by atoms with Crippen LogP contribution in [-0.2, 0) is 21.8 Å². The van der Waals surface area contributed by atoms with Crippen LogP contribution in [0.15, 0.2) is 44.7 Å². The first-order valence-corrected chi connectivity index (χ1v) is 11.9. The third-order valence-corrected chi connectivity index (χ3v) is 7.83. The summed E-state index contributed by atoms with van der Waals surface area (Å²) in [5.41, 5.74) is 0.812. The predicted octanol–water partition coefficient (Wildman–Crippen LogP) is 0.269. The summed E-state index contributed by atoms with van der Waals surface area (Å²) in [6.07, 6.45) is 1.55. The van der Waals surface area contributed by atoms with Crippen LogP contribution in [0.4, 0.5) is 11.6 Å². The van der Waals surface area contributed by atoms with Crippen molar-refractivity contribution >= 4 is 32.8 Å². The number of oxazole rings is 1. The van der Waals surface area contributed by atoms with Crippen molar-refractivity contribution in [2.24, 2.45) is 7.05 Å². The van der Waals surface area contributed by atoms with Crippen LogP contribution in [-0.4, -0.2) is 79.7 Å². The van der Waals surface area contributed by atoms with Crippen molar-refractivity contribution < 1.29 is 17.6 Å². The first-order chi connectivity index (χ1) is 15.4. The molecule has 2 aromatic heterocycles. The Balaban J connectivity index is 1.31. The molecule has 2 aliphatic heterocycles. The molecule has 32 heavy (non-hydrogen) atoms. The van der Waals surface area contributed by atoms with E-state index in [1.165, 1.54) is 27.1 Å². The number of hydrogen-bond donors (Lipinski definition) is 0. The lowest BCUT2D eigenvalue weighted by Crippen LogP contribution is -2.49. The van der Waals surface area contributed by atoms with E-state index < -0.39 is 15.8 Å². The zero-order valence-corrected chi connectivity index (χ0v) is 18.5. The van der Waals surface area contributed by atoms with E-state index in [0.29, 0.717) is 50.5 Å². The number of aryl methyl sites for hydroxylation is 1. The van der Waals surface area contributed by atoms with E-state index >= 15 is 0 Å². The van der Waals surface area contributed by atoms with Crippen LogP contribution in [0.2, 0.25) is 0 Å². The summed E-state index contributed by atoms with van der Waals surface area (Å²) in [6, 6.07) is 6.43. The second-order valence-electron chi connectivity index (χ2n) is 7.78. The minimum atomic E-state index is -3.70. The standard InChI is InChI=1S/C20H24N6O5S/c1-23-16-12-15(2-3-17(16)31-20(23)27)32(28,29)26-6-4-24(5-7-26)18-13-19(22-14-21-18)25-8-10-30-11-9-25/h2-3,12-14H,4-11H2,1H3. The zero-order valence-electron chi connectivity index (χ0n) is 17.7. The Bertz CT molecular complexity index is 1290. The predicted molar refractivity (Wildman–Crippen MR) is 117 cm³/mol. The highest BCUT2D eigenvalue weighted by Crippen LogP contribution is 2.24. The minimum Gasteiger partial charge on any atom is -0.408 e. The SMILES string of the molecule is Cn1c(=O)oc2ccc(S(=O)(=O)N3CCN(c4cc(N5CCOCC5)ncn4)CC3)cc21. The topological polar surface area (TPSA) is 114 Å². The number of anilines is 2. The van der Waals surface area contributed by atoms with Crippen molar-refractivity contribution in [3.63, 3.8) is 0 Å². The highest BCUT2D eigenvalue weighted by Gasteiger charge is 2.30. The molecule has 4 heterocycles. The molecule has 0 amide bonds. The van der Waals surface area contributed by atoms with Crippen LogP contribution >= 0.6 is 0 Å². The zero-order chi connectivity index (χ0) is 22.3. The fourth-order valence-electron chi connectivity index (χ4n) is 4.05. The first kappa shape index (κ1) is 20.9. The Morgan fingerprint density at radius 2 is 1.56 bits per heavy atom. The molecule has 3 aromatic rings. The Morgan fingerprint density at radius 3 is 2.25 bits per heavy atom.